The fourth-order valence-corrected chi connectivity index (χ4v) is 2.90. The van der Waals surface area contributed by atoms with Crippen molar-refractivity contribution in [1.82, 2.24) is 4.98 Å². The van der Waals surface area contributed by atoms with E-state index < -0.39 is 0 Å². The number of aromatic nitrogens is 1. The quantitative estimate of drug-likeness (QED) is 0.753. The maximum absolute atomic E-state index is 4.36. The highest BCUT2D eigenvalue weighted by Gasteiger charge is 2.10. The van der Waals surface area contributed by atoms with Crippen molar-refractivity contribution in [3.63, 3.8) is 0 Å². The van der Waals surface area contributed by atoms with E-state index in [4.69, 9.17) is 0 Å². The first kappa shape index (κ1) is 12.8. The molecular weight excluding hydrogens is 294 g/mol. The van der Waals surface area contributed by atoms with Crippen molar-refractivity contribution < 1.29 is 0 Å². The summed E-state index contributed by atoms with van der Waals surface area (Å²) in [4.78, 5) is 4.36. The summed E-state index contributed by atoms with van der Waals surface area (Å²) in [6.07, 6.45) is 2.17. The lowest BCUT2D eigenvalue weighted by Crippen LogP contribution is -2.10. The van der Waals surface area contributed by atoms with Gasteiger partial charge in [0.15, 0.2) is 0 Å². The molecule has 0 saturated heterocycles. The van der Waals surface area contributed by atoms with Gasteiger partial charge in [0.05, 0.1) is 11.2 Å². The minimum absolute atomic E-state index is 0.625. The zero-order chi connectivity index (χ0) is 12.1. The van der Waals surface area contributed by atoms with Gasteiger partial charge >= 0.3 is 0 Å². The summed E-state index contributed by atoms with van der Waals surface area (Å²) in [6.45, 7) is 2.13. The molecule has 2 aromatic rings. The fourth-order valence-electron chi connectivity index (χ4n) is 1.87. The molecule has 0 bridgehead atoms. The van der Waals surface area contributed by atoms with Crippen LogP contribution in [0.5, 0.6) is 0 Å². The van der Waals surface area contributed by atoms with E-state index in [1.807, 2.05) is 5.51 Å². The number of rotatable bonds is 5. The van der Waals surface area contributed by atoms with Crippen LogP contribution in [-0.2, 0) is 12.8 Å². The summed E-state index contributed by atoms with van der Waals surface area (Å²) in [5.41, 5.74) is 5.86. The molecule has 1 aromatic heterocycles. The van der Waals surface area contributed by atoms with E-state index >= 15 is 0 Å². The Labute approximate surface area is 115 Å². The SMILES string of the molecule is Cc1ccc(CC(CBr)Cc2cscn2)cc1. The molecule has 1 heterocycles. The number of alkyl halides is 1. The normalized spacial score (nSPS) is 12.6. The van der Waals surface area contributed by atoms with Crippen LogP contribution in [0, 0.1) is 12.8 Å². The first-order valence-corrected chi connectivity index (χ1v) is 7.83. The molecule has 0 amide bonds. The third kappa shape index (κ3) is 3.93. The molecule has 1 aromatic carbocycles. The minimum atomic E-state index is 0.625. The molecule has 0 N–H and O–H groups in total. The van der Waals surface area contributed by atoms with Crippen LogP contribution in [0.2, 0.25) is 0 Å². The van der Waals surface area contributed by atoms with Gasteiger partial charge in [-0.15, -0.1) is 11.3 Å². The number of halogens is 1. The average molecular weight is 310 g/mol. The Hall–Kier alpha value is -0.670. The Bertz CT molecular complexity index is 436. The van der Waals surface area contributed by atoms with Crippen LogP contribution in [0.25, 0.3) is 0 Å². The van der Waals surface area contributed by atoms with E-state index in [-0.39, 0.29) is 0 Å². The summed E-state index contributed by atoms with van der Waals surface area (Å²) < 4.78 is 0. The second kappa shape index (κ2) is 6.31. The van der Waals surface area contributed by atoms with Gasteiger partial charge in [0.2, 0.25) is 0 Å². The van der Waals surface area contributed by atoms with E-state index in [9.17, 15) is 0 Å². The van der Waals surface area contributed by atoms with Crippen LogP contribution in [0.1, 0.15) is 16.8 Å². The lowest BCUT2D eigenvalue weighted by molar-refractivity contribution is 0.584. The fraction of sp³-hybridized carbons (Fsp3) is 0.357. The maximum Gasteiger partial charge on any atom is 0.0794 e. The molecule has 1 nitrogen and oxygen atoms in total. The molecule has 0 aliphatic heterocycles. The molecule has 0 aliphatic carbocycles. The summed E-state index contributed by atoms with van der Waals surface area (Å²) in [7, 11) is 0. The molecule has 1 unspecified atom stereocenters. The van der Waals surface area contributed by atoms with Crippen molar-refractivity contribution >= 4 is 27.3 Å². The van der Waals surface area contributed by atoms with Gasteiger partial charge in [0.25, 0.3) is 0 Å². The molecule has 3 heteroatoms. The standard InChI is InChI=1S/C14H16BrNS/c1-11-2-4-12(5-3-11)6-13(8-15)7-14-9-17-10-16-14/h2-5,9-10,13H,6-8H2,1H3. The highest BCUT2D eigenvalue weighted by Crippen LogP contribution is 2.17. The molecule has 0 fully saturated rings. The van der Waals surface area contributed by atoms with Gasteiger partial charge in [-0.25, -0.2) is 4.98 Å². The molecule has 2 rings (SSSR count). The predicted molar refractivity (Wildman–Crippen MR) is 78.0 cm³/mol. The van der Waals surface area contributed by atoms with E-state index in [0.717, 1.165) is 18.2 Å². The topological polar surface area (TPSA) is 12.9 Å². The Balaban J connectivity index is 1.97. The van der Waals surface area contributed by atoms with Crippen molar-refractivity contribution in [2.75, 3.05) is 5.33 Å². The van der Waals surface area contributed by atoms with Crippen LogP contribution in [0.15, 0.2) is 35.2 Å². The minimum Gasteiger partial charge on any atom is -0.250 e. The second-order valence-corrected chi connectivity index (χ2v) is 5.76. The Morgan fingerprint density at radius 3 is 2.59 bits per heavy atom. The van der Waals surface area contributed by atoms with E-state index in [1.54, 1.807) is 11.3 Å². The third-order valence-electron chi connectivity index (χ3n) is 2.84. The number of thiazole rings is 1. The highest BCUT2D eigenvalue weighted by molar-refractivity contribution is 9.09. The molecule has 90 valence electrons. The van der Waals surface area contributed by atoms with Crippen molar-refractivity contribution in [2.24, 2.45) is 5.92 Å². The van der Waals surface area contributed by atoms with Crippen LogP contribution >= 0.6 is 27.3 Å². The number of nitrogens with zero attached hydrogens (tertiary/aromatic N) is 1. The van der Waals surface area contributed by atoms with Gasteiger partial charge in [0, 0.05) is 10.7 Å². The second-order valence-electron chi connectivity index (χ2n) is 4.39. The van der Waals surface area contributed by atoms with Gasteiger partial charge < -0.3 is 0 Å². The Morgan fingerprint density at radius 2 is 2.00 bits per heavy atom. The molecule has 0 spiro atoms. The summed E-state index contributed by atoms with van der Waals surface area (Å²) >= 11 is 5.28. The lowest BCUT2D eigenvalue weighted by Gasteiger charge is -2.12. The first-order valence-electron chi connectivity index (χ1n) is 5.76. The summed E-state index contributed by atoms with van der Waals surface area (Å²) in [5.74, 6) is 0.625. The zero-order valence-electron chi connectivity index (χ0n) is 9.90. The van der Waals surface area contributed by atoms with Gasteiger partial charge in [-0.1, -0.05) is 45.8 Å². The van der Waals surface area contributed by atoms with Crippen LogP contribution in [0.3, 0.4) is 0 Å². The summed E-state index contributed by atoms with van der Waals surface area (Å²) in [6, 6.07) is 8.82. The lowest BCUT2D eigenvalue weighted by atomic mass is 9.96. The molecule has 1 atom stereocenters. The van der Waals surface area contributed by atoms with Gasteiger partial charge in [-0.3, -0.25) is 0 Å². The van der Waals surface area contributed by atoms with Gasteiger partial charge in [-0.2, -0.15) is 0 Å². The number of hydrogen-bond donors (Lipinski definition) is 0. The van der Waals surface area contributed by atoms with Gasteiger partial charge in [-0.05, 0) is 31.2 Å². The van der Waals surface area contributed by atoms with E-state index in [2.05, 4.69) is 57.5 Å². The van der Waals surface area contributed by atoms with Crippen molar-refractivity contribution in [1.29, 1.82) is 0 Å². The van der Waals surface area contributed by atoms with Gasteiger partial charge in [0.1, 0.15) is 0 Å². The van der Waals surface area contributed by atoms with Crippen LogP contribution in [0.4, 0.5) is 0 Å². The first-order chi connectivity index (χ1) is 8.28. The molecule has 0 radical (unpaired) electrons. The molecule has 0 aliphatic rings. The van der Waals surface area contributed by atoms with Crippen LogP contribution in [-0.4, -0.2) is 10.3 Å². The monoisotopic (exact) mass is 309 g/mol. The zero-order valence-corrected chi connectivity index (χ0v) is 12.3. The number of hydrogen-bond acceptors (Lipinski definition) is 2. The average Bonchev–Trinajstić information content (AvgIpc) is 2.84. The van der Waals surface area contributed by atoms with Crippen LogP contribution < -0.4 is 0 Å². The smallest absolute Gasteiger partial charge is 0.0794 e. The van der Waals surface area contributed by atoms with E-state index in [0.29, 0.717) is 5.92 Å². The number of aryl methyl sites for hydroxylation is 1. The third-order valence-corrected chi connectivity index (χ3v) is 4.40. The predicted octanol–water partition coefficient (Wildman–Crippen LogP) is 4.25. The molecular formula is C14H16BrNS. The Kier molecular flexibility index (Phi) is 4.75. The maximum atomic E-state index is 4.36. The van der Waals surface area contributed by atoms with Crippen molar-refractivity contribution in [3.05, 3.63) is 52.0 Å². The molecule has 17 heavy (non-hydrogen) atoms. The largest absolute Gasteiger partial charge is 0.250 e. The summed E-state index contributed by atoms with van der Waals surface area (Å²) in [5, 5.41) is 3.17. The molecule has 0 saturated carbocycles. The Morgan fingerprint density at radius 1 is 1.24 bits per heavy atom. The highest BCUT2D eigenvalue weighted by atomic mass is 79.9. The van der Waals surface area contributed by atoms with Crippen molar-refractivity contribution in [2.45, 2.75) is 19.8 Å². The van der Waals surface area contributed by atoms with E-state index in [1.165, 1.54) is 16.8 Å². The number of benzene rings is 1. The van der Waals surface area contributed by atoms with Crippen molar-refractivity contribution in [3.8, 4) is 0 Å².